The SMILES string of the molecule is CN=C(NCCCN(C(C)C)C(C)C)NC1C2CCOC2C12CCCC2.I. The molecule has 1 saturated heterocycles. The third-order valence-electron chi connectivity index (χ3n) is 7.01. The van der Waals surface area contributed by atoms with Gasteiger partial charge >= 0.3 is 0 Å². The molecule has 1 heterocycles. The summed E-state index contributed by atoms with van der Waals surface area (Å²) in [7, 11) is 1.90. The smallest absolute Gasteiger partial charge is 0.191 e. The summed E-state index contributed by atoms with van der Waals surface area (Å²) in [4.78, 5) is 7.06. The van der Waals surface area contributed by atoms with Gasteiger partial charge in [-0.05, 0) is 53.4 Å². The molecule has 1 spiro atoms. The Hall–Kier alpha value is -0.0800. The number of hydrogen-bond donors (Lipinski definition) is 2. The summed E-state index contributed by atoms with van der Waals surface area (Å²) in [5, 5.41) is 7.35. The van der Waals surface area contributed by atoms with Gasteiger partial charge < -0.3 is 15.4 Å². The third kappa shape index (κ3) is 4.74. The van der Waals surface area contributed by atoms with Gasteiger partial charge in [0.25, 0.3) is 0 Å². The maximum absolute atomic E-state index is 6.10. The van der Waals surface area contributed by atoms with Gasteiger partial charge in [0.05, 0.1) is 6.10 Å². The van der Waals surface area contributed by atoms with Gasteiger partial charge in [0.15, 0.2) is 5.96 Å². The van der Waals surface area contributed by atoms with Gasteiger partial charge in [-0.1, -0.05) is 12.8 Å². The first kappa shape index (κ1) is 23.2. The minimum atomic E-state index is 0. The third-order valence-corrected chi connectivity index (χ3v) is 7.01. The first-order valence-electron chi connectivity index (χ1n) is 10.8. The molecule has 3 rings (SSSR count). The Morgan fingerprint density at radius 3 is 2.44 bits per heavy atom. The molecule has 0 aromatic carbocycles. The van der Waals surface area contributed by atoms with Crippen LogP contribution in [0.15, 0.2) is 4.99 Å². The molecule has 0 amide bonds. The first-order chi connectivity index (χ1) is 12.5. The molecule has 1 aliphatic heterocycles. The highest BCUT2D eigenvalue weighted by molar-refractivity contribution is 14.0. The normalized spacial score (nSPS) is 29.2. The molecule has 27 heavy (non-hydrogen) atoms. The molecule has 3 fully saturated rings. The predicted octanol–water partition coefficient (Wildman–Crippen LogP) is 3.63. The Morgan fingerprint density at radius 1 is 1.19 bits per heavy atom. The minimum Gasteiger partial charge on any atom is -0.377 e. The van der Waals surface area contributed by atoms with E-state index in [-0.39, 0.29) is 24.0 Å². The molecule has 0 aromatic rings. The number of hydrogen-bond acceptors (Lipinski definition) is 3. The van der Waals surface area contributed by atoms with Crippen molar-refractivity contribution < 1.29 is 4.74 Å². The van der Waals surface area contributed by atoms with Crippen molar-refractivity contribution in [1.29, 1.82) is 0 Å². The molecule has 3 unspecified atom stereocenters. The van der Waals surface area contributed by atoms with Crippen LogP contribution in [0.25, 0.3) is 0 Å². The van der Waals surface area contributed by atoms with Crippen molar-refractivity contribution in [1.82, 2.24) is 15.5 Å². The van der Waals surface area contributed by atoms with Gasteiger partial charge in [0.1, 0.15) is 0 Å². The lowest BCUT2D eigenvalue weighted by atomic mass is 9.54. The number of halogens is 1. The fourth-order valence-corrected chi connectivity index (χ4v) is 5.83. The number of rotatable bonds is 7. The monoisotopic (exact) mass is 492 g/mol. The molecular formula is C21H41IN4O. The molecule has 158 valence electrons. The zero-order valence-electron chi connectivity index (χ0n) is 18.0. The van der Waals surface area contributed by atoms with E-state index in [1.807, 2.05) is 7.05 Å². The summed E-state index contributed by atoms with van der Waals surface area (Å²) in [5.74, 6) is 1.66. The highest BCUT2D eigenvalue weighted by Crippen LogP contribution is 2.60. The van der Waals surface area contributed by atoms with Gasteiger partial charge in [-0.25, -0.2) is 0 Å². The van der Waals surface area contributed by atoms with E-state index in [0.29, 0.717) is 35.6 Å². The molecule has 3 atom stereocenters. The summed E-state index contributed by atoms with van der Waals surface area (Å²) in [6.07, 6.45) is 8.21. The van der Waals surface area contributed by atoms with Crippen LogP contribution in [0.3, 0.4) is 0 Å². The van der Waals surface area contributed by atoms with Crippen LogP contribution < -0.4 is 10.6 Å². The summed E-state index contributed by atoms with van der Waals surface area (Å²) >= 11 is 0. The lowest BCUT2D eigenvalue weighted by molar-refractivity contribution is -0.125. The molecule has 0 radical (unpaired) electrons. The van der Waals surface area contributed by atoms with Crippen molar-refractivity contribution in [3.63, 3.8) is 0 Å². The molecule has 2 aliphatic carbocycles. The van der Waals surface area contributed by atoms with E-state index in [2.05, 4.69) is 48.2 Å². The fraction of sp³-hybridized carbons (Fsp3) is 0.952. The van der Waals surface area contributed by atoms with Crippen LogP contribution in [0.2, 0.25) is 0 Å². The maximum Gasteiger partial charge on any atom is 0.191 e. The van der Waals surface area contributed by atoms with Gasteiger partial charge in [0.2, 0.25) is 0 Å². The van der Waals surface area contributed by atoms with Crippen LogP contribution in [-0.4, -0.2) is 61.8 Å². The molecule has 6 heteroatoms. The zero-order chi connectivity index (χ0) is 18.7. The standard InChI is InChI=1S/C21H40N4O.HI/c1-15(2)25(16(3)4)13-8-12-23-20(22-5)24-18-17-9-14-26-19(17)21(18)10-6-7-11-21;/h15-19H,6-14H2,1-5H3,(H2,22,23,24);1H. The van der Waals surface area contributed by atoms with Crippen molar-refractivity contribution in [2.45, 2.75) is 90.4 Å². The number of ether oxygens (including phenoxy) is 1. The molecule has 3 aliphatic rings. The Kier molecular flexibility index (Phi) is 8.68. The Labute approximate surface area is 183 Å². The number of fused-ring (bicyclic) bond motifs is 2. The van der Waals surface area contributed by atoms with E-state index in [1.54, 1.807) is 0 Å². The molecule has 5 nitrogen and oxygen atoms in total. The fourth-order valence-electron chi connectivity index (χ4n) is 5.83. The first-order valence-corrected chi connectivity index (χ1v) is 10.8. The second-order valence-electron chi connectivity index (χ2n) is 9.08. The lowest BCUT2D eigenvalue weighted by Gasteiger charge is -2.57. The number of nitrogens with zero attached hydrogens (tertiary/aromatic N) is 2. The van der Waals surface area contributed by atoms with Gasteiger partial charge in [-0.2, -0.15) is 0 Å². The van der Waals surface area contributed by atoms with Crippen molar-refractivity contribution in [3.8, 4) is 0 Å². The summed E-state index contributed by atoms with van der Waals surface area (Å²) in [5.41, 5.74) is 0.380. The van der Waals surface area contributed by atoms with Crippen LogP contribution in [0.5, 0.6) is 0 Å². The molecule has 0 aromatic heterocycles. The average molecular weight is 492 g/mol. The largest absolute Gasteiger partial charge is 0.377 e. The quantitative estimate of drug-likeness (QED) is 0.247. The molecular weight excluding hydrogens is 451 g/mol. The highest BCUT2D eigenvalue weighted by Gasteiger charge is 2.65. The van der Waals surface area contributed by atoms with Crippen LogP contribution in [-0.2, 0) is 4.74 Å². The summed E-state index contributed by atoms with van der Waals surface area (Å²) in [6, 6.07) is 1.75. The van der Waals surface area contributed by atoms with Crippen LogP contribution in [0.1, 0.15) is 66.2 Å². The summed E-state index contributed by atoms with van der Waals surface area (Å²) < 4.78 is 6.10. The van der Waals surface area contributed by atoms with Crippen LogP contribution in [0.4, 0.5) is 0 Å². The number of nitrogens with one attached hydrogen (secondary N) is 2. The summed E-state index contributed by atoms with van der Waals surface area (Å²) in [6.45, 7) is 12.2. The van der Waals surface area contributed by atoms with Gasteiger partial charge in [0, 0.05) is 56.2 Å². The second-order valence-corrected chi connectivity index (χ2v) is 9.08. The van der Waals surface area contributed by atoms with Crippen LogP contribution >= 0.6 is 24.0 Å². The van der Waals surface area contributed by atoms with Crippen molar-refractivity contribution in [2.24, 2.45) is 16.3 Å². The Balaban J connectivity index is 0.00000261. The number of aliphatic imine (C=N–C) groups is 1. The van der Waals surface area contributed by atoms with E-state index in [1.165, 1.54) is 32.1 Å². The topological polar surface area (TPSA) is 48.9 Å². The number of guanidine groups is 1. The van der Waals surface area contributed by atoms with E-state index in [4.69, 9.17) is 4.74 Å². The molecule has 2 N–H and O–H groups in total. The zero-order valence-corrected chi connectivity index (χ0v) is 20.3. The lowest BCUT2D eigenvalue weighted by Crippen LogP contribution is -2.69. The predicted molar refractivity (Wildman–Crippen MR) is 124 cm³/mol. The van der Waals surface area contributed by atoms with Crippen molar-refractivity contribution in [3.05, 3.63) is 0 Å². The second kappa shape index (κ2) is 10.1. The Morgan fingerprint density at radius 2 is 1.85 bits per heavy atom. The van der Waals surface area contributed by atoms with Crippen molar-refractivity contribution >= 4 is 29.9 Å². The highest BCUT2D eigenvalue weighted by atomic mass is 127. The van der Waals surface area contributed by atoms with Crippen molar-refractivity contribution in [2.75, 3.05) is 26.7 Å². The maximum atomic E-state index is 6.10. The molecule has 2 saturated carbocycles. The van der Waals surface area contributed by atoms with Gasteiger partial charge in [-0.3, -0.25) is 9.89 Å². The average Bonchev–Trinajstić information content (AvgIpc) is 3.24. The van der Waals surface area contributed by atoms with Crippen LogP contribution in [0, 0.1) is 11.3 Å². The Bertz CT molecular complexity index is 483. The molecule has 0 bridgehead atoms. The minimum absolute atomic E-state index is 0. The van der Waals surface area contributed by atoms with Gasteiger partial charge in [-0.15, -0.1) is 24.0 Å². The van der Waals surface area contributed by atoms with E-state index >= 15 is 0 Å². The van der Waals surface area contributed by atoms with E-state index in [0.717, 1.165) is 32.1 Å². The van der Waals surface area contributed by atoms with E-state index in [9.17, 15) is 0 Å². The van der Waals surface area contributed by atoms with E-state index < -0.39 is 0 Å².